The molecule has 3 aromatic carbocycles. The highest BCUT2D eigenvalue weighted by atomic mass is 35.5. The Labute approximate surface area is 254 Å². The maximum atomic E-state index is 12.5. The molecule has 2 aliphatic heterocycles. The maximum Gasteiger partial charge on any atom is 0.251 e. The molecule has 13 heteroatoms. The summed E-state index contributed by atoms with van der Waals surface area (Å²) in [5, 5.41) is 17.0. The van der Waals surface area contributed by atoms with Crippen LogP contribution in [0.4, 0.5) is 11.4 Å². The van der Waals surface area contributed by atoms with Crippen LogP contribution < -0.4 is 31.9 Å². The van der Waals surface area contributed by atoms with Gasteiger partial charge in [0.15, 0.2) is 0 Å². The molecule has 12 nitrogen and oxygen atoms in total. The van der Waals surface area contributed by atoms with Gasteiger partial charge < -0.3 is 31.9 Å². The van der Waals surface area contributed by atoms with Crippen molar-refractivity contribution in [3.63, 3.8) is 0 Å². The molecule has 2 heterocycles. The highest BCUT2D eigenvalue weighted by Crippen LogP contribution is 2.12. The molecule has 3 aromatic rings. The van der Waals surface area contributed by atoms with Crippen molar-refractivity contribution >= 4 is 59.1 Å². The molecule has 0 unspecified atom stereocenters. The van der Waals surface area contributed by atoms with Crippen molar-refractivity contribution in [2.24, 2.45) is 9.98 Å². The Bertz CT molecular complexity index is 1420. The average molecular weight is 603 g/mol. The molecule has 6 N–H and O–H groups in total. The number of rotatable bonds is 10. The predicted molar refractivity (Wildman–Crippen MR) is 167 cm³/mol. The molecule has 0 atom stereocenters. The number of anilines is 2. The van der Waals surface area contributed by atoms with Gasteiger partial charge in [-0.2, -0.15) is 0 Å². The van der Waals surface area contributed by atoms with Crippen LogP contribution in [0, 0.1) is 0 Å². The Kier molecular flexibility index (Phi) is 10.4. The van der Waals surface area contributed by atoms with E-state index >= 15 is 0 Å². The lowest BCUT2D eigenvalue weighted by atomic mass is 10.1. The Hall–Kier alpha value is -5.23. The van der Waals surface area contributed by atoms with E-state index < -0.39 is 11.8 Å². The third-order valence-electron chi connectivity index (χ3n) is 6.46. The summed E-state index contributed by atoms with van der Waals surface area (Å²) in [5.74, 6) is -0.00649. The van der Waals surface area contributed by atoms with Crippen LogP contribution in [0.15, 0.2) is 82.8 Å². The van der Waals surface area contributed by atoms with Gasteiger partial charge in [0, 0.05) is 46.7 Å². The van der Waals surface area contributed by atoms with E-state index in [4.69, 9.17) is 0 Å². The van der Waals surface area contributed by atoms with Crippen LogP contribution in [0.3, 0.4) is 0 Å². The van der Waals surface area contributed by atoms with E-state index in [1.165, 1.54) is 24.3 Å². The maximum absolute atomic E-state index is 12.5. The molecule has 0 spiro atoms. The Balaban J connectivity index is 0.00000423. The number of nitrogens with zero attached hydrogens (tertiary/aromatic N) is 2. The zero-order chi connectivity index (χ0) is 29.3. The van der Waals surface area contributed by atoms with Crippen LogP contribution in [0.1, 0.15) is 31.8 Å². The zero-order valence-electron chi connectivity index (χ0n) is 23.1. The van der Waals surface area contributed by atoms with Crippen molar-refractivity contribution in [1.82, 2.24) is 21.3 Å². The number of amides is 4. The van der Waals surface area contributed by atoms with Gasteiger partial charge in [0.1, 0.15) is 11.7 Å². The first-order valence-corrected chi connectivity index (χ1v) is 13.5. The van der Waals surface area contributed by atoms with E-state index in [1.54, 1.807) is 24.3 Å². The van der Waals surface area contributed by atoms with E-state index in [9.17, 15) is 19.2 Å². The van der Waals surface area contributed by atoms with Crippen molar-refractivity contribution in [1.29, 1.82) is 0 Å². The largest absolute Gasteiger partial charge is 0.368 e. The molecular weight excluding hydrogens is 572 g/mol. The van der Waals surface area contributed by atoms with E-state index in [-0.39, 0.29) is 48.4 Å². The van der Waals surface area contributed by atoms with E-state index in [1.807, 2.05) is 24.3 Å². The lowest BCUT2D eigenvalue weighted by molar-refractivity contribution is -0.116. The van der Waals surface area contributed by atoms with Crippen LogP contribution in [0.25, 0.3) is 0 Å². The van der Waals surface area contributed by atoms with Gasteiger partial charge in [0.25, 0.3) is 11.8 Å². The second kappa shape index (κ2) is 14.6. The summed E-state index contributed by atoms with van der Waals surface area (Å²) in [7, 11) is 0. The SMILES string of the molecule is Cl.O=C(CNC(=O)c1ccc(C(=O)NCC(=O)Nc2ccc(C3=NCCN3)cc2)cc1)Nc1ccc(C2=NCCN2)cc1. The minimum atomic E-state index is -0.459. The summed E-state index contributed by atoms with van der Waals surface area (Å²) < 4.78 is 0. The highest BCUT2D eigenvalue weighted by Gasteiger charge is 2.13. The average Bonchev–Trinajstić information content (AvgIpc) is 3.75. The number of carbonyl (C=O) groups is 4. The van der Waals surface area contributed by atoms with Crippen molar-refractivity contribution in [2.45, 2.75) is 0 Å². The van der Waals surface area contributed by atoms with E-state index in [0.717, 1.165) is 49.0 Å². The predicted octanol–water partition coefficient (Wildman–Crippen LogP) is 1.55. The number of carbonyl (C=O) groups excluding carboxylic acids is 4. The number of hydrogen-bond acceptors (Lipinski definition) is 8. The number of benzene rings is 3. The molecule has 43 heavy (non-hydrogen) atoms. The van der Waals surface area contributed by atoms with Crippen molar-refractivity contribution in [3.05, 3.63) is 95.1 Å². The van der Waals surface area contributed by atoms with Gasteiger partial charge in [0.2, 0.25) is 11.8 Å². The molecule has 0 aromatic heterocycles. The number of halogens is 1. The quantitative estimate of drug-likeness (QED) is 0.206. The summed E-state index contributed by atoms with van der Waals surface area (Å²) in [4.78, 5) is 58.3. The summed E-state index contributed by atoms with van der Waals surface area (Å²) in [5.41, 5.74) is 3.65. The molecule has 0 radical (unpaired) electrons. The second-order valence-corrected chi connectivity index (χ2v) is 9.51. The monoisotopic (exact) mass is 602 g/mol. The van der Waals surface area contributed by atoms with Crippen LogP contribution in [0.5, 0.6) is 0 Å². The third-order valence-corrected chi connectivity index (χ3v) is 6.46. The standard InChI is InChI=1S/C30H30N8O4.ClH/c39-25(37-23-9-5-19(6-10-23)27-31-13-14-32-27)17-35-29(41)21-1-2-22(4-3-21)30(42)36-18-26(40)38-24-11-7-20(8-12-24)28-33-15-16-34-28;/h1-12H,13-18H2,(H,31,32)(H,33,34)(H,35,41)(H,36,42)(H,37,39)(H,38,40);1H. The van der Waals surface area contributed by atoms with Gasteiger partial charge in [0.05, 0.1) is 26.2 Å². The molecule has 0 saturated heterocycles. The first-order chi connectivity index (χ1) is 20.4. The molecule has 4 amide bonds. The lowest BCUT2D eigenvalue weighted by Crippen LogP contribution is -2.33. The van der Waals surface area contributed by atoms with Gasteiger partial charge in [-0.1, -0.05) is 0 Å². The normalized spacial score (nSPS) is 13.3. The molecule has 0 saturated carbocycles. The van der Waals surface area contributed by atoms with E-state index in [2.05, 4.69) is 41.9 Å². The first-order valence-electron chi connectivity index (χ1n) is 13.5. The highest BCUT2D eigenvalue weighted by molar-refractivity contribution is 6.03. The van der Waals surface area contributed by atoms with Gasteiger partial charge in [-0.05, 0) is 72.8 Å². The minimum Gasteiger partial charge on any atom is -0.368 e. The number of aliphatic imine (C=N–C) groups is 2. The van der Waals surface area contributed by atoms with Gasteiger partial charge in [-0.3, -0.25) is 29.2 Å². The minimum absolute atomic E-state index is 0. The second-order valence-electron chi connectivity index (χ2n) is 9.51. The Morgan fingerprint density at radius 3 is 1.28 bits per heavy atom. The lowest BCUT2D eigenvalue weighted by Gasteiger charge is -2.09. The fourth-order valence-corrected chi connectivity index (χ4v) is 4.31. The number of nitrogens with one attached hydrogen (secondary N) is 6. The smallest absolute Gasteiger partial charge is 0.251 e. The molecule has 2 aliphatic rings. The van der Waals surface area contributed by atoms with Crippen molar-refractivity contribution in [3.8, 4) is 0 Å². The van der Waals surface area contributed by atoms with Crippen LogP contribution >= 0.6 is 12.4 Å². The molecular formula is C30H31ClN8O4. The summed E-state index contributed by atoms with van der Waals surface area (Å²) in [6.45, 7) is 2.67. The summed E-state index contributed by atoms with van der Waals surface area (Å²) >= 11 is 0. The fraction of sp³-hybridized carbons (Fsp3) is 0.200. The van der Waals surface area contributed by atoms with Crippen LogP contribution in [-0.2, 0) is 9.59 Å². The summed E-state index contributed by atoms with van der Waals surface area (Å²) in [6, 6.07) is 20.4. The molecule has 222 valence electrons. The summed E-state index contributed by atoms with van der Waals surface area (Å²) in [6.07, 6.45) is 0. The molecule has 5 rings (SSSR count). The van der Waals surface area contributed by atoms with Gasteiger partial charge in [-0.25, -0.2) is 0 Å². The zero-order valence-corrected chi connectivity index (χ0v) is 23.9. The first kappa shape index (κ1) is 30.7. The fourth-order valence-electron chi connectivity index (χ4n) is 4.31. The van der Waals surface area contributed by atoms with E-state index in [0.29, 0.717) is 11.4 Å². The van der Waals surface area contributed by atoms with Gasteiger partial charge in [-0.15, -0.1) is 12.4 Å². The van der Waals surface area contributed by atoms with Crippen LogP contribution in [-0.4, -0.2) is 74.6 Å². The van der Waals surface area contributed by atoms with Gasteiger partial charge >= 0.3 is 0 Å². The Morgan fingerprint density at radius 1 is 0.581 bits per heavy atom. The topological polar surface area (TPSA) is 165 Å². The van der Waals surface area contributed by atoms with Crippen molar-refractivity contribution < 1.29 is 19.2 Å². The van der Waals surface area contributed by atoms with Crippen molar-refractivity contribution in [2.75, 3.05) is 49.9 Å². The number of hydrogen-bond donors (Lipinski definition) is 6. The third kappa shape index (κ3) is 8.39. The molecule has 0 fully saturated rings. The molecule has 0 bridgehead atoms. The Morgan fingerprint density at radius 2 is 0.953 bits per heavy atom. The molecule has 0 aliphatic carbocycles. The number of amidine groups is 2. The van der Waals surface area contributed by atoms with Crippen LogP contribution in [0.2, 0.25) is 0 Å².